The molecule has 0 unspecified atom stereocenters. The minimum absolute atomic E-state index is 0.162. The summed E-state index contributed by atoms with van der Waals surface area (Å²) in [6.45, 7) is 3.91. The second kappa shape index (κ2) is 6.96. The van der Waals surface area contributed by atoms with Gasteiger partial charge in [-0.1, -0.05) is 13.3 Å². The molecule has 3 nitrogen and oxygen atoms in total. The number of aliphatic hydroxyl groups is 1. The Morgan fingerprint density at radius 1 is 1.38 bits per heavy atom. The van der Waals surface area contributed by atoms with E-state index in [0.717, 1.165) is 34.3 Å². The van der Waals surface area contributed by atoms with Gasteiger partial charge in [-0.25, -0.2) is 0 Å². The molecule has 3 N–H and O–H groups in total. The van der Waals surface area contributed by atoms with Crippen LogP contribution >= 0.6 is 22.6 Å². The molecule has 0 atom stereocenters. The van der Waals surface area contributed by atoms with Crippen LogP contribution in [0.25, 0.3) is 0 Å². The zero-order valence-corrected chi connectivity index (χ0v) is 11.8. The standard InChI is InChI=1S/C12H19IN2O/c1-2-3-6-15(7-8-16)12-5-4-10(13)9-11(12)14/h4-5,9,16H,2-3,6-8,14H2,1H3. The molecule has 1 rings (SSSR count). The third-order valence-electron chi connectivity index (χ3n) is 2.48. The molecule has 4 heteroatoms. The maximum Gasteiger partial charge on any atom is 0.0606 e. The van der Waals surface area contributed by atoms with E-state index in [0.29, 0.717) is 6.54 Å². The summed E-state index contributed by atoms with van der Waals surface area (Å²) in [4.78, 5) is 2.15. The summed E-state index contributed by atoms with van der Waals surface area (Å²) >= 11 is 2.25. The number of nitrogens with zero attached hydrogens (tertiary/aromatic N) is 1. The first kappa shape index (κ1) is 13.6. The number of rotatable bonds is 6. The highest BCUT2D eigenvalue weighted by Gasteiger charge is 2.08. The first-order chi connectivity index (χ1) is 7.69. The highest BCUT2D eigenvalue weighted by Crippen LogP contribution is 2.25. The average Bonchev–Trinajstić information content (AvgIpc) is 2.25. The van der Waals surface area contributed by atoms with Gasteiger partial charge in [-0.3, -0.25) is 0 Å². The van der Waals surface area contributed by atoms with Crippen LogP contribution in [-0.2, 0) is 0 Å². The molecular weight excluding hydrogens is 315 g/mol. The number of nitrogens with two attached hydrogens (primary N) is 1. The number of aliphatic hydroxyl groups excluding tert-OH is 1. The van der Waals surface area contributed by atoms with Gasteiger partial charge in [0.15, 0.2) is 0 Å². The molecule has 0 saturated heterocycles. The van der Waals surface area contributed by atoms with Gasteiger partial charge in [-0.2, -0.15) is 0 Å². The highest BCUT2D eigenvalue weighted by atomic mass is 127. The molecule has 0 amide bonds. The Hall–Kier alpha value is -0.490. The van der Waals surface area contributed by atoms with Crippen molar-refractivity contribution in [3.05, 3.63) is 21.8 Å². The van der Waals surface area contributed by atoms with Crippen LogP contribution in [0.4, 0.5) is 11.4 Å². The predicted molar refractivity (Wildman–Crippen MR) is 77.8 cm³/mol. The monoisotopic (exact) mass is 334 g/mol. The number of benzene rings is 1. The van der Waals surface area contributed by atoms with Crippen LogP contribution in [0.3, 0.4) is 0 Å². The Morgan fingerprint density at radius 2 is 2.12 bits per heavy atom. The molecule has 0 aliphatic rings. The smallest absolute Gasteiger partial charge is 0.0606 e. The lowest BCUT2D eigenvalue weighted by molar-refractivity contribution is 0.301. The van der Waals surface area contributed by atoms with E-state index < -0.39 is 0 Å². The van der Waals surface area contributed by atoms with Crippen molar-refractivity contribution >= 4 is 34.0 Å². The lowest BCUT2D eigenvalue weighted by Crippen LogP contribution is -2.28. The Labute approximate surface area is 111 Å². The first-order valence-electron chi connectivity index (χ1n) is 5.60. The lowest BCUT2D eigenvalue weighted by Gasteiger charge is -2.25. The molecule has 90 valence electrons. The Morgan fingerprint density at radius 3 is 2.69 bits per heavy atom. The zero-order chi connectivity index (χ0) is 12.0. The third-order valence-corrected chi connectivity index (χ3v) is 3.15. The molecule has 0 fully saturated rings. The van der Waals surface area contributed by atoms with Gasteiger partial charge in [0.2, 0.25) is 0 Å². The van der Waals surface area contributed by atoms with Crippen LogP contribution in [0.15, 0.2) is 18.2 Å². The van der Waals surface area contributed by atoms with Gasteiger partial charge in [0.05, 0.1) is 18.0 Å². The zero-order valence-electron chi connectivity index (χ0n) is 9.62. The molecule has 0 aliphatic carbocycles. The van der Waals surface area contributed by atoms with Crippen molar-refractivity contribution in [3.63, 3.8) is 0 Å². The lowest BCUT2D eigenvalue weighted by atomic mass is 10.2. The summed E-state index contributed by atoms with van der Waals surface area (Å²) in [5.41, 5.74) is 7.82. The molecule has 0 radical (unpaired) electrons. The van der Waals surface area contributed by atoms with Crippen LogP contribution in [0.2, 0.25) is 0 Å². The molecule has 0 spiro atoms. The molecule has 0 saturated carbocycles. The minimum atomic E-state index is 0.162. The molecular formula is C12H19IN2O. The number of nitrogen functional groups attached to an aromatic ring is 1. The van der Waals surface area contributed by atoms with Crippen molar-refractivity contribution in [2.45, 2.75) is 19.8 Å². The summed E-state index contributed by atoms with van der Waals surface area (Å²) in [6, 6.07) is 6.04. The minimum Gasteiger partial charge on any atom is -0.397 e. The van der Waals surface area contributed by atoms with Crippen molar-refractivity contribution in [1.29, 1.82) is 0 Å². The molecule has 0 heterocycles. The molecule has 0 aliphatic heterocycles. The van der Waals surface area contributed by atoms with E-state index in [1.54, 1.807) is 0 Å². The predicted octanol–water partition coefficient (Wildman–Crippen LogP) is 2.47. The number of unbranched alkanes of at least 4 members (excludes halogenated alkanes) is 1. The summed E-state index contributed by atoms with van der Waals surface area (Å²) in [5, 5.41) is 9.06. The number of anilines is 2. The SMILES string of the molecule is CCCCN(CCO)c1ccc(I)cc1N. The number of halogens is 1. The Balaban J connectivity index is 2.82. The topological polar surface area (TPSA) is 49.5 Å². The van der Waals surface area contributed by atoms with E-state index in [1.165, 1.54) is 0 Å². The molecule has 0 bridgehead atoms. The van der Waals surface area contributed by atoms with Crippen molar-refractivity contribution in [2.24, 2.45) is 0 Å². The maximum absolute atomic E-state index is 9.06. The van der Waals surface area contributed by atoms with Crippen molar-refractivity contribution in [2.75, 3.05) is 30.3 Å². The maximum atomic E-state index is 9.06. The Kier molecular flexibility index (Phi) is 5.90. The second-order valence-corrected chi connectivity index (χ2v) is 5.01. The van der Waals surface area contributed by atoms with Crippen molar-refractivity contribution in [3.8, 4) is 0 Å². The van der Waals surface area contributed by atoms with Crippen LogP contribution in [0, 0.1) is 3.57 Å². The van der Waals surface area contributed by atoms with Gasteiger partial charge in [0.1, 0.15) is 0 Å². The van der Waals surface area contributed by atoms with Crippen LogP contribution in [-0.4, -0.2) is 24.8 Å². The average molecular weight is 334 g/mol. The van der Waals surface area contributed by atoms with Gasteiger partial charge < -0.3 is 15.7 Å². The summed E-state index contributed by atoms with van der Waals surface area (Å²) < 4.78 is 1.14. The third kappa shape index (κ3) is 3.83. The van der Waals surface area contributed by atoms with E-state index in [1.807, 2.05) is 18.2 Å². The number of hydrogen-bond donors (Lipinski definition) is 2. The van der Waals surface area contributed by atoms with E-state index in [9.17, 15) is 0 Å². The van der Waals surface area contributed by atoms with Gasteiger partial charge in [0, 0.05) is 16.7 Å². The van der Waals surface area contributed by atoms with E-state index >= 15 is 0 Å². The van der Waals surface area contributed by atoms with Gasteiger partial charge >= 0.3 is 0 Å². The summed E-state index contributed by atoms with van der Waals surface area (Å²) in [5.74, 6) is 0. The normalized spacial score (nSPS) is 10.4. The fraction of sp³-hybridized carbons (Fsp3) is 0.500. The fourth-order valence-corrected chi connectivity index (χ4v) is 2.15. The van der Waals surface area contributed by atoms with Crippen LogP contribution < -0.4 is 10.6 Å². The van der Waals surface area contributed by atoms with Gasteiger partial charge in [-0.05, 0) is 47.2 Å². The van der Waals surface area contributed by atoms with Crippen LogP contribution in [0.1, 0.15) is 19.8 Å². The molecule has 0 aromatic heterocycles. The highest BCUT2D eigenvalue weighted by molar-refractivity contribution is 14.1. The second-order valence-electron chi connectivity index (χ2n) is 3.77. The first-order valence-corrected chi connectivity index (χ1v) is 6.67. The number of hydrogen-bond acceptors (Lipinski definition) is 3. The molecule has 16 heavy (non-hydrogen) atoms. The summed E-state index contributed by atoms with van der Waals surface area (Å²) in [6.07, 6.45) is 2.26. The van der Waals surface area contributed by atoms with Crippen molar-refractivity contribution < 1.29 is 5.11 Å². The quantitative estimate of drug-likeness (QED) is 0.621. The van der Waals surface area contributed by atoms with E-state index in [-0.39, 0.29) is 6.61 Å². The van der Waals surface area contributed by atoms with Gasteiger partial charge in [-0.15, -0.1) is 0 Å². The van der Waals surface area contributed by atoms with Crippen LogP contribution in [0.5, 0.6) is 0 Å². The largest absolute Gasteiger partial charge is 0.397 e. The Bertz CT molecular complexity index is 331. The van der Waals surface area contributed by atoms with Gasteiger partial charge in [0.25, 0.3) is 0 Å². The van der Waals surface area contributed by atoms with E-state index in [2.05, 4.69) is 34.4 Å². The van der Waals surface area contributed by atoms with E-state index in [4.69, 9.17) is 10.8 Å². The molecule has 1 aromatic rings. The summed E-state index contributed by atoms with van der Waals surface area (Å²) in [7, 11) is 0. The van der Waals surface area contributed by atoms with Crippen molar-refractivity contribution in [1.82, 2.24) is 0 Å². The molecule has 1 aromatic carbocycles. The fourth-order valence-electron chi connectivity index (χ4n) is 1.64.